The lowest BCUT2D eigenvalue weighted by molar-refractivity contribution is -0.0185. The smallest absolute Gasteiger partial charge is 0.330 e. The van der Waals surface area contributed by atoms with Crippen LogP contribution in [0.1, 0.15) is 0 Å². The van der Waals surface area contributed by atoms with Crippen LogP contribution in [0.5, 0.6) is 0 Å². The van der Waals surface area contributed by atoms with E-state index in [-0.39, 0.29) is 0 Å². The van der Waals surface area contributed by atoms with Gasteiger partial charge in [-0.25, -0.2) is 14.5 Å². The summed E-state index contributed by atoms with van der Waals surface area (Å²) in [5.41, 5.74) is 4.70. The second-order valence-electron chi connectivity index (χ2n) is 2.02. The van der Waals surface area contributed by atoms with Crippen LogP contribution in [0.3, 0.4) is 0 Å². The highest BCUT2D eigenvalue weighted by Gasteiger charge is 2.40. The average molecular weight is 161 g/mol. The van der Waals surface area contributed by atoms with Crippen LogP contribution in [0.4, 0.5) is 9.59 Å². The van der Waals surface area contributed by atoms with E-state index in [0.717, 1.165) is 0 Å². The molecular formula is C4H7N3O4. The van der Waals surface area contributed by atoms with Gasteiger partial charge in [0.25, 0.3) is 0 Å². The number of rotatable bonds is 0. The maximum atomic E-state index is 10.6. The highest BCUT2D eigenvalue weighted by atomic mass is 16.4. The molecule has 4 amide bonds. The van der Waals surface area contributed by atoms with Crippen molar-refractivity contribution in [2.45, 2.75) is 12.5 Å². The molecule has 7 nitrogen and oxygen atoms in total. The lowest BCUT2D eigenvalue weighted by atomic mass is 10.5. The standard InChI is InChI=1S/C4H7N3O4/c5-3(10)7-2(9)1(8)6-4(7)11/h1-2,8-9H,(H2,5,10)(H,6,11)/t1-,2-/m1/s1. The lowest BCUT2D eigenvalue weighted by Crippen LogP contribution is -2.44. The largest absolute Gasteiger partial charge is 0.369 e. The summed E-state index contributed by atoms with van der Waals surface area (Å²) in [6.07, 6.45) is -3.06. The van der Waals surface area contributed by atoms with Gasteiger partial charge in [-0.1, -0.05) is 0 Å². The van der Waals surface area contributed by atoms with Crippen molar-refractivity contribution in [3.63, 3.8) is 0 Å². The summed E-state index contributed by atoms with van der Waals surface area (Å²) in [6.45, 7) is 0. The quantitative estimate of drug-likeness (QED) is 0.320. The molecule has 0 aromatic rings. The fourth-order valence-corrected chi connectivity index (χ4v) is 0.762. The number of primary amides is 1. The minimum absolute atomic E-state index is 0.324. The van der Waals surface area contributed by atoms with E-state index in [1.807, 2.05) is 5.32 Å². The Balaban J connectivity index is 2.79. The van der Waals surface area contributed by atoms with Crippen LogP contribution in [0.15, 0.2) is 0 Å². The Hall–Kier alpha value is -1.34. The molecule has 0 bridgehead atoms. The monoisotopic (exact) mass is 161 g/mol. The van der Waals surface area contributed by atoms with Crippen molar-refractivity contribution < 1.29 is 19.8 Å². The van der Waals surface area contributed by atoms with E-state index in [2.05, 4.69) is 0 Å². The maximum Gasteiger partial charge on any atom is 0.330 e. The van der Waals surface area contributed by atoms with Gasteiger partial charge in [0, 0.05) is 0 Å². The topological polar surface area (TPSA) is 116 Å². The van der Waals surface area contributed by atoms with Gasteiger partial charge in [0.15, 0.2) is 12.5 Å². The van der Waals surface area contributed by atoms with Crippen LogP contribution in [-0.4, -0.2) is 39.6 Å². The number of carbonyl (C=O) groups is 2. The molecule has 0 spiro atoms. The molecule has 0 aromatic carbocycles. The molecule has 1 saturated heterocycles. The number of nitrogens with two attached hydrogens (primary N) is 1. The number of urea groups is 2. The molecule has 11 heavy (non-hydrogen) atoms. The van der Waals surface area contributed by atoms with E-state index in [1.54, 1.807) is 0 Å². The normalized spacial score (nSPS) is 30.4. The molecule has 0 aromatic heterocycles. The summed E-state index contributed by atoms with van der Waals surface area (Å²) in [4.78, 5) is 21.3. The number of hydrogen-bond acceptors (Lipinski definition) is 4. The van der Waals surface area contributed by atoms with Crippen LogP contribution >= 0.6 is 0 Å². The van der Waals surface area contributed by atoms with Gasteiger partial charge >= 0.3 is 12.1 Å². The zero-order chi connectivity index (χ0) is 8.59. The summed E-state index contributed by atoms with van der Waals surface area (Å²) in [7, 11) is 0. The summed E-state index contributed by atoms with van der Waals surface area (Å²) in [6, 6.07) is -2.01. The lowest BCUT2D eigenvalue weighted by Gasteiger charge is -2.13. The first-order chi connectivity index (χ1) is 5.04. The molecule has 1 aliphatic rings. The molecule has 5 N–H and O–H groups in total. The summed E-state index contributed by atoms with van der Waals surface area (Å²) >= 11 is 0. The molecule has 2 atom stereocenters. The Morgan fingerprint density at radius 1 is 1.64 bits per heavy atom. The van der Waals surface area contributed by atoms with Crippen molar-refractivity contribution >= 4 is 12.1 Å². The van der Waals surface area contributed by atoms with Crippen molar-refractivity contribution in [3.8, 4) is 0 Å². The zero-order valence-electron chi connectivity index (χ0n) is 5.39. The number of amides is 4. The first kappa shape index (κ1) is 7.76. The Kier molecular flexibility index (Phi) is 1.67. The maximum absolute atomic E-state index is 10.6. The second kappa shape index (κ2) is 2.36. The Morgan fingerprint density at radius 2 is 2.18 bits per heavy atom. The first-order valence-electron chi connectivity index (χ1n) is 2.79. The first-order valence-corrected chi connectivity index (χ1v) is 2.79. The van der Waals surface area contributed by atoms with Crippen molar-refractivity contribution in [1.29, 1.82) is 0 Å². The molecule has 0 radical (unpaired) electrons. The van der Waals surface area contributed by atoms with Crippen LogP contribution in [0.25, 0.3) is 0 Å². The number of carbonyl (C=O) groups excluding carboxylic acids is 2. The SMILES string of the molecule is NC(=O)N1C(=O)N[C@H](O)[C@H]1O. The predicted octanol–water partition coefficient (Wildman–Crippen LogP) is -2.27. The molecule has 1 fully saturated rings. The number of imide groups is 1. The van der Waals surface area contributed by atoms with Crippen LogP contribution in [0, 0.1) is 0 Å². The van der Waals surface area contributed by atoms with E-state index >= 15 is 0 Å². The van der Waals surface area contributed by atoms with Gasteiger partial charge in [0.05, 0.1) is 0 Å². The average Bonchev–Trinajstić information content (AvgIpc) is 2.07. The third-order valence-electron chi connectivity index (χ3n) is 1.27. The highest BCUT2D eigenvalue weighted by molar-refractivity contribution is 5.94. The van der Waals surface area contributed by atoms with Crippen molar-refractivity contribution in [2.75, 3.05) is 0 Å². The van der Waals surface area contributed by atoms with E-state index in [0.29, 0.717) is 4.90 Å². The molecule has 7 heteroatoms. The van der Waals surface area contributed by atoms with Crippen molar-refractivity contribution in [2.24, 2.45) is 5.73 Å². The number of hydrogen-bond donors (Lipinski definition) is 4. The number of nitrogens with one attached hydrogen (secondary N) is 1. The third kappa shape index (κ3) is 1.10. The predicted molar refractivity (Wildman–Crippen MR) is 32.0 cm³/mol. The van der Waals surface area contributed by atoms with Crippen LogP contribution in [0.2, 0.25) is 0 Å². The van der Waals surface area contributed by atoms with E-state index < -0.39 is 24.5 Å². The van der Waals surface area contributed by atoms with E-state index in [4.69, 9.17) is 15.9 Å². The van der Waals surface area contributed by atoms with Gasteiger partial charge < -0.3 is 21.3 Å². The molecule has 0 unspecified atom stereocenters. The molecular weight excluding hydrogens is 154 g/mol. The third-order valence-corrected chi connectivity index (χ3v) is 1.27. The minimum Gasteiger partial charge on any atom is -0.369 e. The molecule has 1 rings (SSSR count). The number of aliphatic hydroxyl groups excluding tert-OH is 2. The van der Waals surface area contributed by atoms with Gasteiger partial charge in [-0.05, 0) is 0 Å². The van der Waals surface area contributed by atoms with E-state index in [9.17, 15) is 9.59 Å². The van der Waals surface area contributed by atoms with E-state index in [1.165, 1.54) is 0 Å². The van der Waals surface area contributed by atoms with Gasteiger partial charge in [0.1, 0.15) is 0 Å². The molecule has 0 aliphatic carbocycles. The fourth-order valence-electron chi connectivity index (χ4n) is 0.762. The summed E-state index contributed by atoms with van der Waals surface area (Å²) < 4.78 is 0. The van der Waals surface area contributed by atoms with Gasteiger partial charge in [-0.3, -0.25) is 0 Å². The summed E-state index contributed by atoms with van der Waals surface area (Å²) in [5.74, 6) is 0. The number of nitrogens with zero attached hydrogens (tertiary/aromatic N) is 1. The molecule has 0 saturated carbocycles. The van der Waals surface area contributed by atoms with Crippen molar-refractivity contribution in [1.82, 2.24) is 10.2 Å². The minimum atomic E-state index is -1.60. The molecule has 1 aliphatic heterocycles. The summed E-state index contributed by atoms with van der Waals surface area (Å²) in [5, 5.41) is 19.5. The fraction of sp³-hybridized carbons (Fsp3) is 0.500. The van der Waals surface area contributed by atoms with Gasteiger partial charge in [-0.15, -0.1) is 0 Å². The Labute approximate surface area is 61.4 Å². The van der Waals surface area contributed by atoms with Gasteiger partial charge in [0.2, 0.25) is 0 Å². The number of aliphatic hydroxyl groups is 2. The molecule has 1 heterocycles. The zero-order valence-corrected chi connectivity index (χ0v) is 5.39. The van der Waals surface area contributed by atoms with Crippen molar-refractivity contribution in [3.05, 3.63) is 0 Å². The Bertz CT molecular complexity index is 206. The highest BCUT2D eigenvalue weighted by Crippen LogP contribution is 2.07. The van der Waals surface area contributed by atoms with Crippen LogP contribution in [-0.2, 0) is 0 Å². The Morgan fingerprint density at radius 3 is 2.36 bits per heavy atom. The molecule has 62 valence electrons. The van der Waals surface area contributed by atoms with Gasteiger partial charge in [-0.2, -0.15) is 0 Å². The van der Waals surface area contributed by atoms with Crippen LogP contribution < -0.4 is 11.1 Å². The second-order valence-corrected chi connectivity index (χ2v) is 2.02.